The van der Waals surface area contributed by atoms with Crippen LogP contribution in [0.3, 0.4) is 0 Å². The van der Waals surface area contributed by atoms with E-state index in [0.717, 1.165) is 5.56 Å². The summed E-state index contributed by atoms with van der Waals surface area (Å²) in [6.45, 7) is 4.84. The molecule has 1 rings (SSSR count). The van der Waals surface area contributed by atoms with E-state index in [0.29, 0.717) is 18.0 Å². The average molecular weight is 221 g/mol. The largest absolute Gasteiger partial charge is 0.465 e. The predicted octanol–water partition coefficient (Wildman–Crippen LogP) is 2.17. The first kappa shape index (κ1) is 12.7. The summed E-state index contributed by atoms with van der Waals surface area (Å²) in [4.78, 5) is 11.4. The highest BCUT2D eigenvalue weighted by atomic mass is 16.5. The highest BCUT2D eigenvalue weighted by Gasteiger charge is 2.15. The van der Waals surface area contributed by atoms with Crippen LogP contribution in [0.4, 0.5) is 0 Å². The van der Waals surface area contributed by atoms with Crippen LogP contribution in [0.25, 0.3) is 0 Å². The summed E-state index contributed by atoms with van der Waals surface area (Å²) >= 11 is 0. The molecule has 16 heavy (non-hydrogen) atoms. The number of esters is 1. The van der Waals surface area contributed by atoms with Gasteiger partial charge in [-0.2, -0.15) is 0 Å². The van der Waals surface area contributed by atoms with E-state index in [9.17, 15) is 4.79 Å². The molecule has 1 aromatic rings. The standard InChI is InChI=1S/C13H19NO2/c1-9(2)12(8-14)10-5-4-6-11(7-10)13(15)16-3/h4-7,9,12H,8,14H2,1-3H3. The van der Waals surface area contributed by atoms with E-state index in [1.807, 2.05) is 18.2 Å². The molecule has 3 heteroatoms. The Morgan fingerprint density at radius 3 is 2.62 bits per heavy atom. The molecule has 0 saturated carbocycles. The zero-order valence-corrected chi connectivity index (χ0v) is 10.1. The van der Waals surface area contributed by atoms with Crippen molar-refractivity contribution in [2.45, 2.75) is 19.8 Å². The molecular formula is C13H19NO2. The zero-order chi connectivity index (χ0) is 12.1. The van der Waals surface area contributed by atoms with Gasteiger partial charge in [0.25, 0.3) is 0 Å². The topological polar surface area (TPSA) is 52.3 Å². The van der Waals surface area contributed by atoms with Gasteiger partial charge in [0.05, 0.1) is 12.7 Å². The number of carbonyl (C=O) groups is 1. The van der Waals surface area contributed by atoms with Crippen molar-refractivity contribution in [2.24, 2.45) is 11.7 Å². The number of carbonyl (C=O) groups excluding carboxylic acids is 1. The van der Waals surface area contributed by atoms with E-state index in [2.05, 4.69) is 13.8 Å². The maximum absolute atomic E-state index is 11.4. The van der Waals surface area contributed by atoms with Crippen molar-refractivity contribution in [3.05, 3.63) is 35.4 Å². The molecule has 0 fully saturated rings. The smallest absolute Gasteiger partial charge is 0.337 e. The molecule has 0 aliphatic rings. The Morgan fingerprint density at radius 2 is 2.12 bits per heavy atom. The van der Waals surface area contributed by atoms with Gasteiger partial charge in [0.1, 0.15) is 0 Å². The van der Waals surface area contributed by atoms with Crippen LogP contribution in [-0.2, 0) is 4.74 Å². The summed E-state index contributed by atoms with van der Waals surface area (Å²) < 4.78 is 4.69. The maximum atomic E-state index is 11.4. The SMILES string of the molecule is COC(=O)c1cccc(C(CN)C(C)C)c1. The molecule has 0 spiro atoms. The molecule has 3 nitrogen and oxygen atoms in total. The number of ether oxygens (including phenoxy) is 1. The first-order valence-electron chi connectivity index (χ1n) is 5.48. The van der Waals surface area contributed by atoms with Crippen LogP contribution in [0.1, 0.15) is 35.7 Å². The first-order chi connectivity index (χ1) is 7.60. The molecular weight excluding hydrogens is 202 g/mol. The lowest BCUT2D eigenvalue weighted by Gasteiger charge is -2.19. The fourth-order valence-corrected chi connectivity index (χ4v) is 1.81. The predicted molar refractivity (Wildman–Crippen MR) is 64.4 cm³/mol. The third-order valence-electron chi connectivity index (χ3n) is 2.79. The van der Waals surface area contributed by atoms with Gasteiger partial charge in [0.2, 0.25) is 0 Å². The van der Waals surface area contributed by atoms with Crippen molar-refractivity contribution in [1.82, 2.24) is 0 Å². The minimum atomic E-state index is -0.304. The normalized spacial score (nSPS) is 12.6. The summed E-state index contributed by atoms with van der Waals surface area (Å²) in [5, 5.41) is 0. The van der Waals surface area contributed by atoms with Crippen LogP contribution in [0.15, 0.2) is 24.3 Å². The van der Waals surface area contributed by atoms with Crippen LogP contribution in [0.2, 0.25) is 0 Å². The molecule has 0 saturated heterocycles. The van der Waals surface area contributed by atoms with Gasteiger partial charge in [0, 0.05) is 0 Å². The summed E-state index contributed by atoms with van der Waals surface area (Å²) in [7, 11) is 1.39. The van der Waals surface area contributed by atoms with Crippen LogP contribution < -0.4 is 5.73 Å². The van der Waals surface area contributed by atoms with E-state index in [-0.39, 0.29) is 11.9 Å². The molecule has 0 aliphatic heterocycles. The fraction of sp³-hybridized carbons (Fsp3) is 0.462. The van der Waals surface area contributed by atoms with Gasteiger partial charge in [0.15, 0.2) is 0 Å². The second-order valence-electron chi connectivity index (χ2n) is 4.20. The second kappa shape index (κ2) is 5.66. The van der Waals surface area contributed by atoms with E-state index in [4.69, 9.17) is 10.5 Å². The minimum Gasteiger partial charge on any atom is -0.465 e. The first-order valence-corrected chi connectivity index (χ1v) is 5.48. The number of hydrogen-bond donors (Lipinski definition) is 1. The van der Waals surface area contributed by atoms with Crippen molar-refractivity contribution in [3.63, 3.8) is 0 Å². The Labute approximate surface area is 96.6 Å². The van der Waals surface area contributed by atoms with Crippen LogP contribution >= 0.6 is 0 Å². The Kier molecular flexibility index (Phi) is 4.50. The van der Waals surface area contributed by atoms with Crippen molar-refractivity contribution < 1.29 is 9.53 Å². The Hall–Kier alpha value is -1.35. The van der Waals surface area contributed by atoms with E-state index in [1.165, 1.54) is 7.11 Å². The van der Waals surface area contributed by atoms with Gasteiger partial charge >= 0.3 is 5.97 Å². The van der Waals surface area contributed by atoms with Gasteiger partial charge in [-0.15, -0.1) is 0 Å². The van der Waals surface area contributed by atoms with Gasteiger partial charge in [-0.25, -0.2) is 4.79 Å². The summed E-state index contributed by atoms with van der Waals surface area (Å²) in [5.74, 6) is 0.434. The van der Waals surface area contributed by atoms with Crippen molar-refractivity contribution >= 4 is 5.97 Å². The average Bonchev–Trinajstić information content (AvgIpc) is 2.29. The van der Waals surface area contributed by atoms with Crippen molar-refractivity contribution in [1.29, 1.82) is 0 Å². The van der Waals surface area contributed by atoms with E-state index >= 15 is 0 Å². The summed E-state index contributed by atoms with van der Waals surface area (Å²) in [6.07, 6.45) is 0. The third kappa shape index (κ3) is 2.83. The molecule has 0 aliphatic carbocycles. The molecule has 0 aromatic heterocycles. The number of methoxy groups -OCH3 is 1. The number of nitrogens with two attached hydrogens (primary N) is 1. The summed E-state index contributed by atoms with van der Waals surface area (Å²) in [5.41, 5.74) is 7.43. The molecule has 2 N–H and O–H groups in total. The second-order valence-corrected chi connectivity index (χ2v) is 4.20. The number of rotatable bonds is 4. The van der Waals surface area contributed by atoms with Crippen molar-refractivity contribution in [2.75, 3.05) is 13.7 Å². The highest BCUT2D eigenvalue weighted by molar-refractivity contribution is 5.89. The summed E-state index contributed by atoms with van der Waals surface area (Å²) in [6, 6.07) is 7.49. The van der Waals surface area contributed by atoms with Gasteiger partial charge in [-0.3, -0.25) is 0 Å². The Morgan fingerprint density at radius 1 is 1.44 bits per heavy atom. The lowest BCUT2D eigenvalue weighted by molar-refractivity contribution is 0.0600. The molecule has 1 aromatic carbocycles. The van der Waals surface area contributed by atoms with Crippen LogP contribution in [0, 0.1) is 5.92 Å². The van der Waals surface area contributed by atoms with Crippen molar-refractivity contribution in [3.8, 4) is 0 Å². The molecule has 0 bridgehead atoms. The monoisotopic (exact) mass is 221 g/mol. The number of hydrogen-bond acceptors (Lipinski definition) is 3. The maximum Gasteiger partial charge on any atom is 0.337 e. The van der Waals surface area contributed by atoms with Gasteiger partial charge in [-0.05, 0) is 36.1 Å². The molecule has 0 radical (unpaired) electrons. The zero-order valence-electron chi connectivity index (χ0n) is 10.1. The molecule has 1 unspecified atom stereocenters. The van der Waals surface area contributed by atoms with Gasteiger partial charge < -0.3 is 10.5 Å². The Bertz CT molecular complexity index is 361. The lowest BCUT2D eigenvalue weighted by Crippen LogP contribution is -2.18. The lowest BCUT2D eigenvalue weighted by atomic mass is 9.88. The molecule has 88 valence electrons. The van der Waals surface area contributed by atoms with Crippen LogP contribution in [-0.4, -0.2) is 19.6 Å². The molecule has 0 amide bonds. The molecule has 1 atom stereocenters. The molecule has 0 heterocycles. The quantitative estimate of drug-likeness (QED) is 0.793. The van der Waals surface area contributed by atoms with Gasteiger partial charge in [-0.1, -0.05) is 26.0 Å². The van der Waals surface area contributed by atoms with E-state index in [1.54, 1.807) is 6.07 Å². The third-order valence-corrected chi connectivity index (χ3v) is 2.79. The van der Waals surface area contributed by atoms with E-state index < -0.39 is 0 Å². The Balaban J connectivity index is 3.01. The minimum absolute atomic E-state index is 0.282. The number of benzene rings is 1. The highest BCUT2D eigenvalue weighted by Crippen LogP contribution is 2.24. The van der Waals surface area contributed by atoms with Crippen LogP contribution in [0.5, 0.6) is 0 Å². The fourth-order valence-electron chi connectivity index (χ4n) is 1.81.